The van der Waals surface area contributed by atoms with Crippen molar-refractivity contribution in [1.29, 1.82) is 0 Å². The van der Waals surface area contributed by atoms with E-state index in [1.165, 1.54) is 24.1 Å². The maximum absolute atomic E-state index is 3.71. The summed E-state index contributed by atoms with van der Waals surface area (Å²) in [5.74, 6) is 2.61. The van der Waals surface area contributed by atoms with Crippen LogP contribution in [0.1, 0.15) is 51.0 Å². The summed E-state index contributed by atoms with van der Waals surface area (Å²) in [5.41, 5.74) is 0. The molecule has 1 nitrogen and oxygen atoms in total. The largest absolute Gasteiger partial charge is 0.309 e. The lowest BCUT2D eigenvalue weighted by Crippen LogP contribution is -2.32. The van der Waals surface area contributed by atoms with Gasteiger partial charge in [0.25, 0.3) is 0 Å². The van der Waals surface area contributed by atoms with Gasteiger partial charge in [-0.1, -0.05) is 26.8 Å². The van der Waals surface area contributed by atoms with Crippen LogP contribution in [0.3, 0.4) is 0 Å². The van der Waals surface area contributed by atoms with Gasteiger partial charge >= 0.3 is 0 Å². The van der Waals surface area contributed by atoms with Crippen LogP contribution in [0.2, 0.25) is 0 Å². The molecule has 1 aliphatic rings. The molecule has 1 aliphatic carbocycles. The fourth-order valence-corrected chi connectivity index (χ4v) is 4.36. The number of rotatable bonds is 4. The van der Waals surface area contributed by atoms with Crippen molar-refractivity contribution in [3.05, 3.63) is 22.4 Å². The first-order valence-electron chi connectivity index (χ1n) is 6.97. The predicted octanol–water partition coefficient (Wildman–Crippen LogP) is 4.47. The van der Waals surface area contributed by atoms with E-state index < -0.39 is 0 Å². The zero-order valence-corrected chi connectivity index (χ0v) is 12.1. The van der Waals surface area contributed by atoms with Gasteiger partial charge in [0, 0.05) is 10.9 Å². The third-order valence-electron chi connectivity index (χ3n) is 3.96. The Morgan fingerprint density at radius 2 is 2.00 bits per heavy atom. The van der Waals surface area contributed by atoms with Gasteiger partial charge in [-0.25, -0.2) is 0 Å². The predicted molar refractivity (Wildman–Crippen MR) is 76.4 cm³/mol. The molecule has 1 aromatic heterocycles. The van der Waals surface area contributed by atoms with Gasteiger partial charge in [0.05, 0.1) is 0 Å². The highest BCUT2D eigenvalue weighted by atomic mass is 32.1. The first-order chi connectivity index (χ1) is 8.20. The quantitative estimate of drug-likeness (QED) is 0.832. The highest BCUT2D eigenvalue weighted by Crippen LogP contribution is 2.40. The lowest BCUT2D eigenvalue weighted by molar-refractivity contribution is 0.179. The topological polar surface area (TPSA) is 12.0 Å². The van der Waals surface area contributed by atoms with Gasteiger partial charge in [0.1, 0.15) is 0 Å². The molecule has 0 bridgehead atoms. The van der Waals surface area contributed by atoms with Crippen LogP contribution in [0.15, 0.2) is 17.5 Å². The van der Waals surface area contributed by atoms with Crippen LogP contribution >= 0.6 is 11.3 Å². The van der Waals surface area contributed by atoms with Crippen LogP contribution in [-0.4, -0.2) is 6.54 Å². The summed E-state index contributed by atoms with van der Waals surface area (Å²) in [7, 11) is 0. The molecule has 1 aromatic rings. The van der Waals surface area contributed by atoms with E-state index in [0.717, 1.165) is 24.3 Å². The van der Waals surface area contributed by atoms with Crippen LogP contribution < -0.4 is 5.32 Å². The van der Waals surface area contributed by atoms with E-state index in [1.54, 1.807) is 0 Å². The first kappa shape index (κ1) is 13.1. The maximum atomic E-state index is 3.71. The Morgan fingerprint density at radius 3 is 2.53 bits per heavy atom. The average Bonchev–Trinajstić information content (AvgIpc) is 2.77. The Kier molecular flexibility index (Phi) is 4.63. The molecule has 2 rings (SSSR count). The van der Waals surface area contributed by atoms with Gasteiger partial charge in [-0.15, -0.1) is 11.3 Å². The number of hydrogen-bond donors (Lipinski definition) is 1. The molecule has 2 heteroatoms. The highest BCUT2D eigenvalue weighted by molar-refractivity contribution is 7.10. The second-order valence-electron chi connectivity index (χ2n) is 5.73. The highest BCUT2D eigenvalue weighted by Gasteiger charge is 2.30. The minimum atomic E-state index is 0.588. The molecule has 1 N–H and O–H groups in total. The lowest BCUT2D eigenvalue weighted by atomic mass is 9.73. The van der Waals surface area contributed by atoms with Crippen LogP contribution in [0, 0.1) is 17.8 Å². The van der Waals surface area contributed by atoms with Crippen molar-refractivity contribution in [3.8, 4) is 0 Å². The standard InChI is InChI=1S/C15H25NS/c1-4-16-15(14-6-5-7-17-14)13-9-11(2)8-12(3)10-13/h5-7,11-13,15-16H,4,8-10H2,1-3H3. The van der Waals surface area contributed by atoms with Gasteiger partial charge < -0.3 is 5.32 Å². The first-order valence-corrected chi connectivity index (χ1v) is 7.85. The van der Waals surface area contributed by atoms with E-state index in [4.69, 9.17) is 0 Å². The number of nitrogens with one attached hydrogen (secondary N) is 1. The van der Waals surface area contributed by atoms with Gasteiger partial charge in [-0.2, -0.15) is 0 Å². The zero-order valence-electron chi connectivity index (χ0n) is 11.3. The van der Waals surface area contributed by atoms with Crippen molar-refractivity contribution >= 4 is 11.3 Å². The number of hydrogen-bond acceptors (Lipinski definition) is 2. The smallest absolute Gasteiger partial charge is 0.0443 e. The Morgan fingerprint density at radius 1 is 1.29 bits per heavy atom. The SMILES string of the molecule is CCNC(c1cccs1)C1CC(C)CC(C)C1. The van der Waals surface area contributed by atoms with Crippen LogP contribution in [0.5, 0.6) is 0 Å². The number of thiophene rings is 1. The molecular weight excluding hydrogens is 226 g/mol. The molecule has 1 saturated carbocycles. The molecule has 0 aliphatic heterocycles. The molecule has 0 amide bonds. The second-order valence-corrected chi connectivity index (χ2v) is 6.71. The molecule has 17 heavy (non-hydrogen) atoms. The summed E-state index contributed by atoms with van der Waals surface area (Å²) in [4.78, 5) is 1.53. The van der Waals surface area contributed by atoms with Crippen molar-refractivity contribution in [2.24, 2.45) is 17.8 Å². The molecule has 0 saturated heterocycles. The van der Waals surface area contributed by atoms with E-state index in [2.05, 4.69) is 43.6 Å². The van der Waals surface area contributed by atoms with Gasteiger partial charge in [-0.05, 0) is 55.0 Å². The van der Waals surface area contributed by atoms with Crippen molar-refractivity contribution in [3.63, 3.8) is 0 Å². The van der Waals surface area contributed by atoms with E-state index in [9.17, 15) is 0 Å². The minimum absolute atomic E-state index is 0.588. The monoisotopic (exact) mass is 251 g/mol. The Labute approximate surface area is 110 Å². The summed E-state index contributed by atoms with van der Waals surface area (Å²) in [6.07, 6.45) is 4.19. The third kappa shape index (κ3) is 3.32. The van der Waals surface area contributed by atoms with Crippen molar-refractivity contribution in [2.75, 3.05) is 6.54 Å². The molecular formula is C15H25NS. The Balaban J connectivity index is 2.10. The summed E-state index contributed by atoms with van der Waals surface area (Å²) >= 11 is 1.90. The van der Waals surface area contributed by atoms with Crippen molar-refractivity contribution < 1.29 is 0 Å². The second kappa shape index (κ2) is 6.01. The molecule has 0 spiro atoms. The molecule has 0 aromatic carbocycles. The minimum Gasteiger partial charge on any atom is -0.309 e. The molecule has 3 unspecified atom stereocenters. The average molecular weight is 251 g/mol. The maximum Gasteiger partial charge on any atom is 0.0443 e. The molecule has 1 fully saturated rings. The van der Waals surface area contributed by atoms with E-state index in [-0.39, 0.29) is 0 Å². The van der Waals surface area contributed by atoms with Crippen LogP contribution in [0.25, 0.3) is 0 Å². The molecule has 3 atom stereocenters. The Hall–Kier alpha value is -0.340. The fraction of sp³-hybridized carbons (Fsp3) is 0.733. The van der Waals surface area contributed by atoms with E-state index in [1.807, 2.05) is 11.3 Å². The van der Waals surface area contributed by atoms with Crippen molar-refractivity contribution in [1.82, 2.24) is 5.32 Å². The molecule has 96 valence electrons. The summed E-state index contributed by atoms with van der Waals surface area (Å²) in [6, 6.07) is 5.06. The van der Waals surface area contributed by atoms with E-state index in [0.29, 0.717) is 6.04 Å². The lowest BCUT2D eigenvalue weighted by Gasteiger charge is -2.36. The van der Waals surface area contributed by atoms with Crippen LogP contribution in [0.4, 0.5) is 0 Å². The molecule has 0 radical (unpaired) electrons. The summed E-state index contributed by atoms with van der Waals surface area (Å²) in [6.45, 7) is 8.12. The fourth-order valence-electron chi connectivity index (χ4n) is 3.47. The zero-order chi connectivity index (χ0) is 12.3. The van der Waals surface area contributed by atoms with Gasteiger partial charge in [-0.3, -0.25) is 0 Å². The van der Waals surface area contributed by atoms with Gasteiger partial charge in [0.2, 0.25) is 0 Å². The molecule has 1 heterocycles. The van der Waals surface area contributed by atoms with Gasteiger partial charge in [0.15, 0.2) is 0 Å². The Bertz CT molecular complexity index is 310. The van der Waals surface area contributed by atoms with Crippen LogP contribution in [-0.2, 0) is 0 Å². The normalized spacial score (nSPS) is 31.4. The van der Waals surface area contributed by atoms with Crippen molar-refractivity contribution in [2.45, 2.75) is 46.1 Å². The summed E-state index contributed by atoms with van der Waals surface area (Å²) < 4.78 is 0. The third-order valence-corrected chi connectivity index (χ3v) is 4.92. The summed E-state index contributed by atoms with van der Waals surface area (Å²) in [5, 5.41) is 5.91. The van der Waals surface area contributed by atoms with E-state index >= 15 is 0 Å².